The van der Waals surface area contributed by atoms with Crippen molar-refractivity contribution in [3.05, 3.63) is 102 Å². The fourth-order valence-corrected chi connectivity index (χ4v) is 5.20. The van der Waals surface area contributed by atoms with Gasteiger partial charge in [-0.1, -0.05) is 18.2 Å². The quantitative estimate of drug-likeness (QED) is 0.144. The molecule has 0 saturated carbocycles. The molecular formula is C35H33F4N3O8. The highest BCUT2D eigenvalue weighted by Gasteiger charge is 2.57. The van der Waals surface area contributed by atoms with Gasteiger partial charge in [-0.25, -0.2) is 14.2 Å². The third-order valence-corrected chi connectivity index (χ3v) is 7.99. The lowest BCUT2D eigenvalue weighted by Crippen LogP contribution is -2.51. The number of hydrogen-bond donors (Lipinski definition) is 4. The van der Waals surface area contributed by atoms with E-state index >= 15 is 0 Å². The Hall–Kier alpha value is -5.41. The van der Waals surface area contributed by atoms with Gasteiger partial charge in [0.05, 0.1) is 31.4 Å². The number of hydrogen-bond acceptors (Lipinski definition) is 9. The van der Waals surface area contributed by atoms with Crippen LogP contribution < -0.4 is 24.8 Å². The van der Waals surface area contributed by atoms with Gasteiger partial charge < -0.3 is 34.5 Å². The summed E-state index contributed by atoms with van der Waals surface area (Å²) in [5, 5.41) is 25.1. The van der Waals surface area contributed by atoms with Crippen LogP contribution in [0.2, 0.25) is 0 Å². The average molecular weight is 700 g/mol. The zero-order valence-electron chi connectivity index (χ0n) is 26.8. The lowest BCUT2D eigenvalue weighted by molar-refractivity contribution is -0.265. The number of benzene rings is 3. The van der Waals surface area contributed by atoms with Crippen molar-refractivity contribution in [2.24, 2.45) is 0 Å². The summed E-state index contributed by atoms with van der Waals surface area (Å²) in [5.41, 5.74) is -5.32. The minimum absolute atomic E-state index is 0.0547. The molecule has 2 atom stereocenters. The highest BCUT2D eigenvalue weighted by molar-refractivity contribution is 5.95. The molecule has 0 radical (unpaired) electrons. The van der Waals surface area contributed by atoms with Crippen LogP contribution in [0.3, 0.4) is 0 Å². The number of amides is 2. The van der Waals surface area contributed by atoms with Crippen LogP contribution in [0.25, 0.3) is 11.3 Å². The zero-order chi connectivity index (χ0) is 36.1. The van der Waals surface area contributed by atoms with Gasteiger partial charge in [0.15, 0.2) is 11.5 Å². The Kier molecular flexibility index (Phi) is 10.5. The molecule has 0 bridgehead atoms. The Morgan fingerprint density at radius 2 is 1.74 bits per heavy atom. The summed E-state index contributed by atoms with van der Waals surface area (Å²) < 4.78 is 80.3. The van der Waals surface area contributed by atoms with Crippen LogP contribution in [-0.2, 0) is 15.8 Å². The van der Waals surface area contributed by atoms with E-state index in [0.29, 0.717) is 5.69 Å². The normalized spacial score (nSPS) is 16.4. The molecular weight excluding hydrogens is 666 g/mol. The minimum Gasteiger partial charge on any atom is -0.493 e. The number of alkyl halides is 3. The van der Waals surface area contributed by atoms with Gasteiger partial charge in [0, 0.05) is 22.4 Å². The molecule has 5 rings (SSSR count). The van der Waals surface area contributed by atoms with Crippen molar-refractivity contribution in [1.29, 1.82) is 0 Å². The van der Waals surface area contributed by atoms with Crippen molar-refractivity contribution in [1.82, 2.24) is 10.3 Å². The summed E-state index contributed by atoms with van der Waals surface area (Å²) in [4.78, 5) is 29.8. The van der Waals surface area contributed by atoms with E-state index in [1.807, 2.05) is 0 Å². The summed E-state index contributed by atoms with van der Waals surface area (Å²) in [5.74, 6) is -1.26. The number of para-hydroxylation sites is 1. The Labute approximate surface area is 283 Å². The summed E-state index contributed by atoms with van der Waals surface area (Å²) >= 11 is 0. The second-order valence-electron chi connectivity index (χ2n) is 11.6. The number of carbonyl (C=O) groups is 2. The molecule has 4 N–H and O–H groups in total. The number of pyridine rings is 1. The number of ether oxygens (including phenoxy) is 4. The van der Waals surface area contributed by atoms with E-state index in [4.69, 9.17) is 24.1 Å². The first-order valence-corrected chi connectivity index (χ1v) is 15.2. The van der Waals surface area contributed by atoms with Crippen LogP contribution in [-0.4, -0.2) is 73.5 Å². The van der Waals surface area contributed by atoms with E-state index in [0.717, 1.165) is 18.2 Å². The fourth-order valence-electron chi connectivity index (χ4n) is 5.20. The standard InChI is InChI=1S/C35H33F4N3O8/c1-33(20-50-32(45)41-24-6-4-3-5-7-24)19-49-30-25(33)17-28(42-29(30)21-8-11-23(36)12-9-21)34(46,35(37,38)39)18-40-31(44)22-10-13-26(48-15-14-43)27(16-22)47-2/h3-13,16-17,43,46H,14-15,18-20H2,1-2H3,(H,40,44)(H,41,45)/t33-,34?/m1/s1. The first-order chi connectivity index (χ1) is 23.8. The maximum Gasteiger partial charge on any atom is 0.424 e. The Morgan fingerprint density at radius 3 is 2.40 bits per heavy atom. The molecule has 1 aromatic heterocycles. The van der Waals surface area contributed by atoms with Crippen molar-refractivity contribution in [3.63, 3.8) is 0 Å². The molecule has 1 aliphatic heterocycles. The maximum atomic E-state index is 14.9. The van der Waals surface area contributed by atoms with Crippen LogP contribution in [0, 0.1) is 5.82 Å². The molecule has 3 aromatic carbocycles. The van der Waals surface area contributed by atoms with E-state index in [9.17, 15) is 32.3 Å². The number of methoxy groups -OCH3 is 1. The van der Waals surface area contributed by atoms with Crippen LogP contribution in [0.4, 0.5) is 28.0 Å². The molecule has 0 spiro atoms. The predicted molar refractivity (Wildman–Crippen MR) is 172 cm³/mol. The van der Waals surface area contributed by atoms with Gasteiger partial charge in [-0.3, -0.25) is 10.1 Å². The maximum absolute atomic E-state index is 14.9. The van der Waals surface area contributed by atoms with Crippen LogP contribution in [0.1, 0.15) is 28.5 Å². The van der Waals surface area contributed by atoms with E-state index in [1.165, 1.54) is 37.4 Å². The van der Waals surface area contributed by atoms with Crippen LogP contribution in [0.15, 0.2) is 78.9 Å². The largest absolute Gasteiger partial charge is 0.493 e. The Bertz CT molecular complexity index is 1840. The third kappa shape index (κ3) is 7.58. The smallest absolute Gasteiger partial charge is 0.424 e. The number of aromatic nitrogens is 1. The number of aliphatic hydroxyl groups is 2. The molecule has 1 aliphatic rings. The lowest BCUT2D eigenvalue weighted by Gasteiger charge is -2.32. The van der Waals surface area contributed by atoms with E-state index < -0.39 is 47.2 Å². The SMILES string of the molecule is COc1cc(C(=O)NCC(O)(c2cc3c(c(-c4ccc(F)cc4)n2)OC[C@]3(C)COC(=O)Nc2ccccc2)C(F)(F)F)ccc1OCCO. The number of fused-ring (bicyclic) bond motifs is 1. The zero-order valence-corrected chi connectivity index (χ0v) is 26.8. The number of carbonyl (C=O) groups excluding carboxylic acids is 2. The summed E-state index contributed by atoms with van der Waals surface area (Å²) in [7, 11) is 1.29. The molecule has 1 unspecified atom stereocenters. The van der Waals surface area contributed by atoms with Gasteiger partial charge in [0.2, 0.25) is 5.60 Å². The number of nitrogens with one attached hydrogen (secondary N) is 2. The minimum atomic E-state index is -5.37. The first-order valence-electron chi connectivity index (χ1n) is 15.2. The van der Waals surface area contributed by atoms with E-state index in [-0.39, 0.29) is 66.1 Å². The number of anilines is 1. The topological polar surface area (TPSA) is 148 Å². The molecule has 0 fully saturated rings. The van der Waals surface area contributed by atoms with Crippen LogP contribution >= 0.6 is 0 Å². The number of halogens is 4. The molecule has 15 heteroatoms. The molecule has 2 amide bonds. The average Bonchev–Trinajstić information content (AvgIpc) is 3.44. The monoisotopic (exact) mass is 699 g/mol. The van der Waals surface area contributed by atoms with E-state index in [2.05, 4.69) is 15.6 Å². The second-order valence-corrected chi connectivity index (χ2v) is 11.6. The number of rotatable bonds is 12. The van der Waals surface area contributed by atoms with Gasteiger partial charge >= 0.3 is 12.3 Å². The summed E-state index contributed by atoms with van der Waals surface area (Å²) in [6, 6.07) is 18.1. The molecule has 264 valence electrons. The van der Waals surface area contributed by atoms with E-state index in [1.54, 1.807) is 37.3 Å². The highest BCUT2D eigenvalue weighted by Crippen LogP contribution is 2.48. The molecule has 50 heavy (non-hydrogen) atoms. The highest BCUT2D eigenvalue weighted by atomic mass is 19.4. The molecule has 2 heterocycles. The summed E-state index contributed by atoms with van der Waals surface area (Å²) in [6.07, 6.45) is -6.19. The van der Waals surface area contributed by atoms with Gasteiger partial charge in [-0.2, -0.15) is 13.2 Å². The van der Waals surface area contributed by atoms with Crippen molar-refractivity contribution < 1.29 is 56.3 Å². The van der Waals surface area contributed by atoms with Gasteiger partial charge in [-0.05, 0) is 67.6 Å². The first kappa shape index (κ1) is 35.9. The van der Waals surface area contributed by atoms with Crippen molar-refractivity contribution >= 4 is 17.7 Å². The number of nitrogens with zero attached hydrogens (tertiary/aromatic N) is 1. The van der Waals surface area contributed by atoms with Gasteiger partial charge in [-0.15, -0.1) is 0 Å². The van der Waals surface area contributed by atoms with Crippen molar-refractivity contribution in [3.8, 4) is 28.5 Å². The lowest BCUT2D eigenvalue weighted by atomic mass is 9.83. The Morgan fingerprint density at radius 1 is 1.02 bits per heavy atom. The van der Waals surface area contributed by atoms with Gasteiger partial charge in [0.25, 0.3) is 5.91 Å². The molecule has 4 aromatic rings. The van der Waals surface area contributed by atoms with Crippen molar-refractivity contribution in [2.75, 3.05) is 45.4 Å². The fraction of sp³-hybridized carbons (Fsp3) is 0.286. The third-order valence-electron chi connectivity index (χ3n) is 7.99. The van der Waals surface area contributed by atoms with Crippen molar-refractivity contribution in [2.45, 2.75) is 24.1 Å². The molecule has 0 aliphatic carbocycles. The van der Waals surface area contributed by atoms with Crippen LogP contribution in [0.5, 0.6) is 17.2 Å². The second kappa shape index (κ2) is 14.6. The predicted octanol–water partition coefficient (Wildman–Crippen LogP) is 5.35. The number of aliphatic hydroxyl groups excluding tert-OH is 1. The Balaban J connectivity index is 1.49. The molecule has 11 nitrogen and oxygen atoms in total. The summed E-state index contributed by atoms with van der Waals surface area (Å²) in [6.45, 7) is -0.591. The molecule has 0 saturated heterocycles. The van der Waals surface area contributed by atoms with Gasteiger partial charge in [0.1, 0.15) is 37.1 Å².